The Balaban J connectivity index is 1.61. The van der Waals surface area contributed by atoms with Crippen molar-refractivity contribution < 1.29 is 19.2 Å². The summed E-state index contributed by atoms with van der Waals surface area (Å²) in [5, 5.41) is 15.3. The normalized spacial score (nSPS) is 11.2. The fraction of sp³-hybridized carbons (Fsp3) is 0.269. The number of nitrogens with one attached hydrogen (secondary N) is 2. The Morgan fingerprint density at radius 1 is 1.21 bits per heavy atom. The van der Waals surface area contributed by atoms with E-state index in [1.807, 2.05) is 29.6 Å². The standard InChI is InChI=1S/C26H28N4O3S/c1-4-30(5-2)13-14-33-26(31)19-9-11-22(12-10-19)28-17-21(16-27)25-29-24(18-34-25)20-7-6-8-23(15-20)32-3/h6-12,15,17-18,28H,4-5,13-14H2,1-3H3/p+1/b21-17-. The number of quaternary nitrogens is 1. The number of esters is 1. The first kappa shape index (κ1) is 25.0. The molecule has 0 aliphatic heterocycles. The van der Waals surface area contributed by atoms with Crippen molar-refractivity contribution in [1.29, 1.82) is 5.26 Å². The van der Waals surface area contributed by atoms with Crippen LogP contribution in [0.25, 0.3) is 16.8 Å². The number of rotatable bonds is 11. The van der Waals surface area contributed by atoms with Gasteiger partial charge in [-0.15, -0.1) is 11.3 Å². The molecule has 1 aromatic heterocycles. The highest BCUT2D eigenvalue weighted by molar-refractivity contribution is 7.11. The van der Waals surface area contributed by atoms with E-state index in [2.05, 4.69) is 30.2 Å². The van der Waals surface area contributed by atoms with Crippen LogP contribution in [-0.4, -0.2) is 44.3 Å². The number of hydrogen-bond acceptors (Lipinski definition) is 7. The van der Waals surface area contributed by atoms with Gasteiger partial charge in [0.2, 0.25) is 0 Å². The summed E-state index contributed by atoms with van der Waals surface area (Å²) in [4.78, 5) is 18.2. The van der Waals surface area contributed by atoms with Crippen LogP contribution in [-0.2, 0) is 4.74 Å². The number of methoxy groups -OCH3 is 1. The molecule has 34 heavy (non-hydrogen) atoms. The van der Waals surface area contributed by atoms with Crippen LogP contribution in [0, 0.1) is 11.3 Å². The highest BCUT2D eigenvalue weighted by Gasteiger charge is 2.11. The third kappa shape index (κ3) is 6.67. The second-order valence-corrected chi connectivity index (χ2v) is 8.36. The topological polar surface area (TPSA) is 88.7 Å². The number of anilines is 1. The largest absolute Gasteiger partial charge is 0.497 e. The molecule has 0 bridgehead atoms. The molecule has 0 spiro atoms. The lowest BCUT2D eigenvalue weighted by atomic mass is 10.1. The van der Waals surface area contributed by atoms with E-state index in [9.17, 15) is 10.1 Å². The van der Waals surface area contributed by atoms with E-state index < -0.39 is 0 Å². The summed E-state index contributed by atoms with van der Waals surface area (Å²) < 4.78 is 10.7. The predicted molar refractivity (Wildman–Crippen MR) is 135 cm³/mol. The van der Waals surface area contributed by atoms with Crippen molar-refractivity contribution >= 4 is 28.6 Å². The molecule has 0 saturated heterocycles. The summed E-state index contributed by atoms with van der Waals surface area (Å²) in [6.45, 7) is 7.46. The number of carbonyl (C=O) groups is 1. The molecule has 0 atom stereocenters. The number of likely N-dealkylation sites (N-methyl/N-ethyl adjacent to an activating group) is 1. The van der Waals surface area contributed by atoms with Gasteiger partial charge in [-0.05, 0) is 50.2 Å². The first-order valence-electron chi connectivity index (χ1n) is 11.2. The van der Waals surface area contributed by atoms with Crippen molar-refractivity contribution in [3.63, 3.8) is 0 Å². The molecule has 0 radical (unpaired) electrons. The maximum Gasteiger partial charge on any atom is 0.338 e. The second-order valence-electron chi connectivity index (χ2n) is 7.50. The Morgan fingerprint density at radius 2 is 1.97 bits per heavy atom. The molecule has 8 heteroatoms. The van der Waals surface area contributed by atoms with Gasteiger partial charge in [-0.25, -0.2) is 9.78 Å². The zero-order chi connectivity index (χ0) is 24.3. The van der Waals surface area contributed by atoms with E-state index in [0.29, 0.717) is 22.8 Å². The summed E-state index contributed by atoms with van der Waals surface area (Å²) in [5.74, 6) is 0.418. The van der Waals surface area contributed by atoms with Crippen LogP contribution in [0.5, 0.6) is 5.75 Å². The van der Waals surface area contributed by atoms with E-state index in [1.54, 1.807) is 37.6 Å². The third-order valence-corrected chi connectivity index (χ3v) is 6.29. The van der Waals surface area contributed by atoms with Crippen molar-refractivity contribution in [2.45, 2.75) is 13.8 Å². The Bertz CT molecular complexity index is 1160. The Labute approximate surface area is 204 Å². The fourth-order valence-corrected chi connectivity index (χ4v) is 4.08. The maximum absolute atomic E-state index is 12.2. The number of nitriles is 1. The first-order chi connectivity index (χ1) is 16.6. The van der Waals surface area contributed by atoms with Gasteiger partial charge in [-0.3, -0.25) is 0 Å². The highest BCUT2D eigenvalue weighted by atomic mass is 32.1. The first-order valence-corrected chi connectivity index (χ1v) is 12.0. The Hall–Kier alpha value is -3.67. The van der Waals surface area contributed by atoms with Gasteiger partial charge in [0, 0.05) is 22.8 Å². The minimum atomic E-state index is -0.334. The Morgan fingerprint density at radius 3 is 2.65 bits per heavy atom. The van der Waals surface area contributed by atoms with Gasteiger partial charge in [0.15, 0.2) is 0 Å². The molecule has 0 amide bonds. The van der Waals surface area contributed by atoms with Crippen LogP contribution in [0.15, 0.2) is 60.1 Å². The van der Waals surface area contributed by atoms with Crippen LogP contribution in [0.4, 0.5) is 5.69 Å². The molecule has 0 aliphatic carbocycles. The van der Waals surface area contributed by atoms with Crippen LogP contribution >= 0.6 is 11.3 Å². The quantitative estimate of drug-likeness (QED) is 0.322. The van der Waals surface area contributed by atoms with Gasteiger partial charge < -0.3 is 19.7 Å². The van der Waals surface area contributed by atoms with Gasteiger partial charge in [-0.2, -0.15) is 5.26 Å². The lowest BCUT2D eigenvalue weighted by molar-refractivity contribution is -0.896. The number of allylic oxidation sites excluding steroid dienone is 1. The van der Waals surface area contributed by atoms with Crippen LogP contribution in [0.1, 0.15) is 29.2 Å². The molecule has 0 unspecified atom stereocenters. The van der Waals surface area contributed by atoms with Gasteiger partial charge in [0.1, 0.15) is 35.6 Å². The van der Waals surface area contributed by atoms with E-state index in [0.717, 1.165) is 42.3 Å². The van der Waals surface area contributed by atoms with E-state index >= 15 is 0 Å². The summed E-state index contributed by atoms with van der Waals surface area (Å²) in [6, 6.07) is 16.8. The third-order valence-electron chi connectivity index (χ3n) is 5.41. The van der Waals surface area contributed by atoms with E-state index in [4.69, 9.17) is 9.47 Å². The smallest absolute Gasteiger partial charge is 0.338 e. The van der Waals surface area contributed by atoms with Crippen molar-refractivity contribution in [2.24, 2.45) is 0 Å². The minimum Gasteiger partial charge on any atom is -0.497 e. The summed E-state index contributed by atoms with van der Waals surface area (Å²) in [6.07, 6.45) is 1.62. The van der Waals surface area contributed by atoms with Crippen LogP contribution in [0.3, 0.4) is 0 Å². The minimum absolute atomic E-state index is 0.334. The van der Waals surface area contributed by atoms with Crippen LogP contribution < -0.4 is 15.0 Å². The highest BCUT2D eigenvalue weighted by Crippen LogP contribution is 2.28. The number of carbonyl (C=O) groups excluding carboxylic acids is 1. The van der Waals surface area contributed by atoms with Crippen molar-refractivity contribution in [3.05, 3.63) is 70.7 Å². The summed E-state index contributed by atoms with van der Waals surface area (Å²) in [5.41, 5.74) is 3.37. The number of thiazole rings is 1. The number of nitrogens with zero attached hydrogens (tertiary/aromatic N) is 2. The number of hydrogen-bond donors (Lipinski definition) is 2. The van der Waals surface area contributed by atoms with Gasteiger partial charge in [0.25, 0.3) is 0 Å². The lowest BCUT2D eigenvalue weighted by Crippen LogP contribution is -3.11. The molecule has 2 N–H and O–H groups in total. The number of ether oxygens (including phenoxy) is 2. The zero-order valence-electron chi connectivity index (χ0n) is 19.6. The predicted octanol–water partition coefficient (Wildman–Crippen LogP) is 3.88. The molecule has 176 valence electrons. The molecule has 2 aromatic carbocycles. The molecule has 3 rings (SSSR count). The molecular formula is C26H29N4O3S+. The Kier molecular flexibility index (Phi) is 9.21. The zero-order valence-corrected chi connectivity index (χ0v) is 20.4. The monoisotopic (exact) mass is 477 g/mol. The van der Waals surface area contributed by atoms with Gasteiger partial charge >= 0.3 is 5.97 Å². The van der Waals surface area contributed by atoms with E-state index in [-0.39, 0.29) is 5.97 Å². The number of aromatic nitrogens is 1. The molecule has 0 fully saturated rings. The van der Waals surface area contributed by atoms with Gasteiger partial charge in [-0.1, -0.05) is 12.1 Å². The molecular weight excluding hydrogens is 448 g/mol. The molecule has 7 nitrogen and oxygen atoms in total. The van der Waals surface area contributed by atoms with Crippen molar-refractivity contribution in [1.82, 2.24) is 4.98 Å². The average molecular weight is 478 g/mol. The molecule has 0 aliphatic rings. The summed E-state index contributed by atoms with van der Waals surface area (Å²) in [7, 11) is 1.62. The van der Waals surface area contributed by atoms with E-state index in [1.165, 1.54) is 16.2 Å². The fourth-order valence-electron chi connectivity index (χ4n) is 3.29. The molecule has 1 heterocycles. The van der Waals surface area contributed by atoms with Crippen molar-refractivity contribution in [2.75, 3.05) is 38.7 Å². The van der Waals surface area contributed by atoms with Crippen molar-refractivity contribution in [3.8, 4) is 23.1 Å². The summed E-state index contributed by atoms with van der Waals surface area (Å²) >= 11 is 1.40. The number of benzene rings is 2. The second kappa shape index (κ2) is 12.5. The van der Waals surface area contributed by atoms with Crippen LogP contribution in [0.2, 0.25) is 0 Å². The molecule has 0 saturated carbocycles. The SMILES string of the molecule is CC[NH+](CC)CCOC(=O)c1ccc(N/C=C(/C#N)c2nc(-c3cccc(OC)c3)cs2)cc1. The lowest BCUT2D eigenvalue weighted by Gasteiger charge is -2.15. The molecule has 3 aromatic rings. The maximum atomic E-state index is 12.2. The average Bonchev–Trinajstić information content (AvgIpc) is 3.37. The van der Waals surface area contributed by atoms with Gasteiger partial charge in [0.05, 0.1) is 31.5 Å².